The Balaban J connectivity index is 1.99. The van der Waals surface area contributed by atoms with Crippen LogP contribution in [-0.4, -0.2) is 13.0 Å². The van der Waals surface area contributed by atoms with Crippen molar-refractivity contribution in [2.75, 3.05) is 11.9 Å². The third-order valence-electron chi connectivity index (χ3n) is 4.62. The molecule has 2 aromatic rings. The van der Waals surface area contributed by atoms with E-state index in [2.05, 4.69) is 44.2 Å². The van der Waals surface area contributed by atoms with E-state index >= 15 is 0 Å². The number of hydrogen-bond donors (Lipinski definition) is 1. The number of fused-ring (bicyclic) bond motifs is 1. The normalized spacial score (nSPS) is 18.5. The molecule has 1 amide bonds. The van der Waals surface area contributed by atoms with Crippen molar-refractivity contribution in [3.05, 3.63) is 64.7 Å². The highest BCUT2D eigenvalue weighted by molar-refractivity contribution is 6.04. The molecule has 3 nitrogen and oxygen atoms in total. The minimum Gasteiger partial charge on any atom is -0.320 e. The van der Waals surface area contributed by atoms with Crippen LogP contribution in [0.1, 0.15) is 47.6 Å². The number of benzene rings is 2. The van der Waals surface area contributed by atoms with Gasteiger partial charge in [0.2, 0.25) is 5.91 Å². The number of aryl methyl sites for hydroxylation is 1. The highest BCUT2D eigenvalue weighted by Gasteiger charge is 2.34. The molecule has 0 saturated carbocycles. The molecule has 3 rings (SSSR count). The summed E-state index contributed by atoms with van der Waals surface area (Å²) in [7, 11) is 1.84. The maximum absolute atomic E-state index is 12.3. The number of anilines is 1. The average Bonchev–Trinajstić information content (AvgIpc) is 2.78. The highest BCUT2D eigenvalue weighted by atomic mass is 16.2. The molecular formula is C19H22N2O. The topological polar surface area (TPSA) is 46.3 Å². The molecule has 0 bridgehead atoms. The van der Waals surface area contributed by atoms with Crippen molar-refractivity contribution in [2.45, 2.75) is 32.2 Å². The highest BCUT2D eigenvalue weighted by Crippen LogP contribution is 2.39. The second kappa shape index (κ2) is 5.58. The molecule has 0 spiro atoms. The van der Waals surface area contributed by atoms with Gasteiger partial charge < -0.3 is 10.6 Å². The molecule has 114 valence electrons. The number of carbonyl (C=O) groups excluding carboxylic acids is 1. The van der Waals surface area contributed by atoms with Gasteiger partial charge in [-0.1, -0.05) is 48.9 Å². The lowest BCUT2D eigenvalue weighted by molar-refractivity contribution is -0.119. The van der Waals surface area contributed by atoms with E-state index in [0.717, 1.165) is 28.8 Å². The van der Waals surface area contributed by atoms with Crippen LogP contribution in [0.3, 0.4) is 0 Å². The van der Waals surface area contributed by atoms with E-state index in [1.54, 1.807) is 4.90 Å². The monoisotopic (exact) mass is 294 g/mol. The number of likely N-dealkylation sites (N-methyl/N-ethyl adjacent to an activating group) is 1. The van der Waals surface area contributed by atoms with Crippen molar-refractivity contribution in [1.29, 1.82) is 0 Å². The zero-order valence-electron chi connectivity index (χ0n) is 13.3. The van der Waals surface area contributed by atoms with Gasteiger partial charge in [0.15, 0.2) is 0 Å². The van der Waals surface area contributed by atoms with Crippen LogP contribution < -0.4 is 10.6 Å². The van der Waals surface area contributed by atoms with Crippen LogP contribution in [0.4, 0.5) is 5.69 Å². The largest absolute Gasteiger partial charge is 0.320 e. The zero-order chi connectivity index (χ0) is 15.9. The van der Waals surface area contributed by atoms with Gasteiger partial charge in [0.05, 0.1) is 12.0 Å². The minimum atomic E-state index is -0.163. The Morgan fingerprint density at radius 1 is 1.14 bits per heavy atom. The fourth-order valence-electron chi connectivity index (χ4n) is 3.20. The quantitative estimate of drug-likeness (QED) is 0.941. The van der Waals surface area contributed by atoms with E-state index in [1.165, 1.54) is 5.56 Å². The van der Waals surface area contributed by atoms with Crippen molar-refractivity contribution >= 4 is 11.6 Å². The van der Waals surface area contributed by atoms with Crippen LogP contribution in [0.2, 0.25) is 0 Å². The summed E-state index contributed by atoms with van der Waals surface area (Å²) in [5, 5.41) is 0. The summed E-state index contributed by atoms with van der Waals surface area (Å²) in [4.78, 5) is 14.0. The summed E-state index contributed by atoms with van der Waals surface area (Å²) in [6.07, 6.45) is 0.819. The van der Waals surface area contributed by atoms with Gasteiger partial charge in [-0.3, -0.25) is 4.79 Å². The number of hydrogen-bond acceptors (Lipinski definition) is 2. The van der Waals surface area contributed by atoms with Gasteiger partial charge in [0, 0.05) is 12.7 Å². The molecule has 2 aromatic carbocycles. The molecule has 2 unspecified atom stereocenters. The second-order valence-electron chi connectivity index (χ2n) is 6.06. The van der Waals surface area contributed by atoms with E-state index in [1.807, 2.05) is 19.2 Å². The Labute approximate surface area is 131 Å². The summed E-state index contributed by atoms with van der Waals surface area (Å²) in [5.74, 6) is 0.142. The number of amides is 1. The molecule has 1 aliphatic rings. The molecule has 1 heterocycles. The van der Waals surface area contributed by atoms with Crippen LogP contribution in [0.15, 0.2) is 42.5 Å². The fraction of sp³-hybridized carbons (Fsp3) is 0.316. The molecular weight excluding hydrogens is 272 g/mol. The Bertz CT molecular complexity index is 706. The summed E-state index contributed by atoms with van der Waals surface area (Å²) >= 11 is 0. The third-order valence-corrected chi connectivity index (χ3v) is 4.62. The minimum absolute atomic E-state index is 0.0369. The fourth-order valence-corrected chi connectivity index (χ4v) is 3.20. The summed E-state index contributed by atoms with van der Waals surface area (Å²) in [5.41, 5.74) is 11.9. The first kappa shape index (κ1) is 14.8. The number of carbonyl (C=O) groups is 1. The average molecular weight is 294 g/mol. The SMILES string of the molecule is CCC1C(=O)N(C)c2ccc(C(N)c3ccc(C)cc3)cc21. The van der Waals surface area contributed by atoms with E-state index in [4.69, 9.17) is 5.73 Å². The predicted molar refractivity (Wildman–Crippen MR) is 90.1 cm³/mol. The van der Waals surface area contributed by atoms with Gasteiger partial charge in [-0.05, 0) is 36.1 Å². The van der Waals surface area contributed by atoms with Gasteiger partial charge in [-0.2, -0.15) is 0 Å². The van der Waals surface area contributed by atoms with E-state index in [0.29, 0.717) is 0 Å². The Hall–Kier alpha value is -2.13. The van der Waals surface area contributed by atoms with Gasteiger partial charge >= 0.3 is 0 Å². The van der Waals surface area contributed by atoms with Crippen molar-refractivity contribution in [3.63, 3.8) is 0 Å². The standard InChI is InChI=1S/C19H22N2O/c1-4-15-16-11-14(9-10-17(16)21(3)19(15)22)18(20)13-7-5-12(2)6-8-13/h5-11,15,18H,4,20H2,1-3H3. The first-order valence-corrected chi connectivity index (χ1v) is 7.76. The molecule has 0 aromatic heterocycles. The molecule has 0 aliphatic carbocycles. The Morgan fingerprint density at radius 3 is 2.41 bits per heavy atom. The Morgan fingerprint density at radius 2 is 1.77 bits per heavy atom. The van der Waals surface area contributed by atoms with Crippen molar-refractivity contribution in [2.24, 2.45) is 5.73 Å². The van der Waals surface area contributed by atoms with Crippen LogP contribution in [0.5, 0.6) is 0 Å². The molecule has 3 heteroatoms. The van der Waals surface area contributed by atoms with Gasteiger partial charge in [0.1, 0.15) is 0 Å². The van der Waals surface area contributed by atoms with Gasteiger partial charge in [-0.25, -0.2) is 0 Å². The van der Waals surface area contributed by atoms with E-state index in [-0.39, 0.29) is 17.9 Å². The van der Waals surface area contributed by atoms with Crippen LogP contribution >= 0.6 is 0 Å². The van der Waals surface area contributed by atoms with E-state index < -0.39 is 0 Å². The van der Waals surface area contributed by atoms with Crippen LogP contribution in [-0.2, 0) is 4.79 Å². The first-order chi connectivity index (χ1) is 10.5. The third kappa shape index (κ3) is 2.32. The maximum Gasteiger partial charge on any atom is 0.234 e. The summed E-state index contributed by atoms with van der Waals surface area (Å²) in [6, 6.07) is 14.3. The van der Waals surface area contributed by atoms with Gasteiger partial charge in [0.25, 0.3) is 0 Å². The molecule has 0 saturated heterocycles. The molecule has 1 aliphatic heterocycles. The lowest BCUT2D eigenvalue weighted by Gasteiger charge is -2.16. The molecule has 2 atom stereocenters. The zero-order valence-corrected chi connectivity index (χ0v) is 13.3. The number of nitrogens with zero attached hydrogens (tertiary/aromatic N) is 1. The molecule has 2 N–H and O–H groups in total. The summed E-state index contributed by atoms with van der Waals surface area (Å²) < 4.78 is 0. The van der Waals surface area contributed by atoms with Gasteiger partial charge in [-0.15, -0.1) is 0 Å². The lowest BCUT2D eigenvalue weighted by atomic mass is 9.92. The van der Waals surface area contributed by atoms with Crippen LogP contribution in [0.25, 0.3) is 0 Å². The van der Waals surface area contributed by atoms with E-state index in [9.17, 15) is 4.79 Å². The molecule has 0 radical (unpaired) electrons. The van der Waals surface area contributed by atoms with Crippen molar-refractivity contribution < 1.29 is 4.79 Å². The number of nitrogens with two attached hydrogens (primary N) is 1. The Kier molecular flexibility index (Phi) is 3.75. The van der Waals surface area contributed by atoms with Crippen molar-refractivity contribution in [1.82, 2.24) is 0 Å². The summed E-state index contributed by atoms with van der Waals surface area (Å²) in [6.45, 7) is 4.12. The van der Waals surface area contributed by atoms with Crippen molar-refractivity contribution in [3.8, 4) is 0 Å². The predicted octanol–water partition coefficient (Wildman–Crippen LogP) is 3.51. The molecule has 22 heavy (non-hydrogen) atoms. The van der Waals surface area contributed by atoms with Crippen LogP contribution in [0, 0.1) is 6.92 Å². The smallest absolute Gasteiger partial charge is 0.234 e. The molecule has 0 fully saturated rings. The first-order valence-electron chi connectivity index (χ1n) is 7.76. The lowest BCUT2D eigenvalue weighted by Crippen LogP contribution is -2.23. The maximum atomic E-state index is 12.3. The number of rotatable bonds is 3. The second-order valence-corrected chi connectivity index (χ2v) is 6.06.